The van der Waals surface area contributed by atoms with Crippen LogP contribution < -0.4 is 11.1 Å². The SMILES string of the molecule is CN1CCN(C2CCC(n3nc(-c4ccc(NC(=O)C(CC(=O)O)c5ccccc5)cc4)c4c(N)ncnc43)CC2)CC1. The second-order valence-electron chi connectivity index (χ2n) is 11.7. The van der Waals surface area contributed by atoms with Crippen LogP contribution in [-0.4, -0.2) is 85.8 Å². The highest BCUT2D eigenvalue weighted by molar-refractivity contribution is 6.00. The van der Waals surface area contributed by atoms with E-state index in [0.717, 1.165) is 68.5 Å². The molecule has 1 amide bonds. The number of nitrogens with zero attached hydrogens (tertiary/aromatic N) is 6. The van der Waals surface area contributed by atoms with Crippen LogP contribution >= 0.6 is 0 Å². The van der Waals surface area contributed by atoms with Crippen molar-refractivity contribution in [3.05, 3.63) is 66.5 Å². The van der Waals surface area contributed by atoms with Gasteiger partial charge in [0, 0.05) is 43.5 Å². The number of piperazine rings is 1. The number of hydrogen-bond acceptors (Lipinski definition) is 8. The lowest BCUT2D eigenvalue weighted by Gasteiger charge is -2.41. The summed E-state index contributed by atoms with van der Waals surface area (Å²) in [7, 11) is 2.19. The van der Waals surface area contributed by atoms with Gasteiger partial charge in [0.2, 0.25) is 5.91 Å². The molecule has 11 heteroatoms. The maximum atomic E-state index is 13.1. The molecule has 1 unspecified atom stereocenters. The number of nitrogen functional groups attached to an aromatic ring is 1. The number of benzene rings is 2. The molecular weight excluding hydrogens is 544 g/mol. The van der Waals surface area contributed by atoms with Gasteiger partial charge in [0.15, 0.2) is 5.65 Å². The predicted octanol–water partition coefficient (Wildman–Crippen LogP) is 4.00. The van der Waals surface area contributed by atoms with E-state index in [2.05, 4.69) is 32.1 Å². The highest BCUT2D eigenvalue weighted by Gasteiger charge is 2.31. The van der Waals surface area contributed by atoms with Crippen LogP contribution in [0, 0.1) is 0 Å². The number of aliphatic carboxylic acids is 1. The first kappa shape index (κ1) is 28.8. The maximum absolute atomic E-state index is 13.1. The van der Waals surface area contributed by atoms with Crippen molar-refractivity contribution < 1.29 is 14.7 Å². The summed E-state index contributed by atoms with van der Waals surface area (Å²) in [5.74, 6) is -1.83. The topological polar surface area (TPSA) is 142 Å². The summed E-state index contributed by atoms with van der Waals surface area (Å²) in [6, 6.07) is 17.2. The Hall–Kier alpha value is -4.35. The highest BCUT2D eigenvalue weighted by Crippen LogP contribution is 2.37. The van der Waals surface area contributed by atoms with Gasteiger partial charge in [0.05, 0.1) is 23.8 Å². The zero-order valence-electron chi connectivity index (χ0n) is 24.4. The third kappa shape index (κ3) is 6.23. The van der Waals surface area contributed by atoms with E-state index in [0.29, 0.717) is 28.8 Å². The molecule has 2 aromatic carbocycles. The summed E-state index contributed by atoms with van der Waals surface area (Å²) in [5, 5.41) is 18.0. The number of hydrogen-bond donors (Lipinski definition) is 3. The van der Waals surface area contributed by atoms with Gasteiger partial charge in [-0.15, -0.1) is 0 Å². The fourth-order valence-corrected chi connectivity index (χ4v) is 6.47. The Bertz CT molecular complexity index is 1570. The molecule has 43 heavy (non-hydrogen) atoms. The van der Waals surface area contributed by atoms with E-state index >= 15 is 0 Å². The standard InChI is InChI=1S/C32H38N8O3/c1-38-15-17-39(18-16-38)24-11-13-25(14-12-24)40-31-28(30(33)34-20-35-31)29(37-40)22-7-9-23(10-8-22)36-32(43)26(19-27(41)42)21-5-3-2-4-6-21/h2-10,20,24-26H,11-19H2,1H3,(H,36,43)(H,41,42)(H2,33,34,35). The fraction of sp³-hybridized carbons (Fsp3) is 0.406. The van der Waals surface area contributed by atoms with Crippen LogP contribution in [0.1, 0.15) is 49.6 Å². The minimum absolute atomic E-state index is 0.233. The zero-order chi connectivity index (χ0) is 29.9. The van der Waals surface area contributed by atoms with Crippen molar-refractivity contribution in [3.63, 3.8) is 0 Å². The van der Waals surface area contributed by atoms with E-state index in [1.165, 1.54) is 6.33 Å². The number of nitrogens with two attached hydrogens (primary N) is 1. The smallest absolute Gasteiger partial charge is 0.304 e. The molecule has 1 saturated carbocycles. The number of nitrogens with one attached hydrogen (secondary N) is 1. The molecule has 2 fully saturated rings. The molecule has 4 N–H and O–H groups in total. The molecule has 0 radical (unpaired) electrons. The summed E-state index contributed by atoms with van der Waals surface area (Å²) < 4.78 is 2.04. The van der Waals surface area contributed by atoms with Crippen LogP contribution in [0.25, 0.3) is 22.3 Å². The van der Waals surface area contributed by atoms with Crippen LogP contribution in [0.2, 0.25) is 0 Å². The molecule has 3 heterocycles. The second-order valence-corrected chi connectivity index (χ2v) is 11.7. The third-order valence-electron chi connectivity index (χ3n) is 8.91. The Balaban J connectivity index is 1.20. The average Bonchev–Trinajstić information content (AvgIpc) is 3.42. The van der Waals surface area contributed by atoms with Gasteiger partial charge in [-0.25, -0.2) is 14.6 Å². The van der Waals surface area contributed by atoms with Gasteiger partial charge in [-0.05, 0) is 50.4 Å². The Labute approximate surface area is 250 Å². The molecule has 11 nitrogen and oxygen atoms in total. The Morgan fingerprint density at radius 1 is 0.953 bits per heavy atom. The number of carbonyl (C=O) groups excluding carboxylic acids is 1. The Morgan fingerprint density at radius 3 is 2.30 bits per heavy atom. The van der Waals surface area contributed by atoms with Gasteiger partial charge in [-0.3, -0.25) is 14.5 Å². The average molecular weight is 583 g/mol. The molecule has 1 atom stereocenters. The zero-order valence-corrected chi connectivity index (χ0v) is 24.4. The van der Waals surface area contributed by atoms with Crippen LogP contribution in [0.4, 0.5) is 11.5 Å². The van der Waals surface area contributed by atoms with Crippen LogP contribution in [-0.2, 0) is 9.59 Å². The summed E-state index contributed by atoms with van der Waals surface area (Å²) in [4.78, 5) is 38.5. The lowest BCUT2D eigenvalue weighted by Crippen LogP contribution is -2.49. The highest BCUT2D eigenvalue weighted by atomic mass is 16.4. The monoisotopic (exact) mass is 582 g/mol. The summed E-state index contributed by atoms with van der Waals surface area (Å²) in [6.45, 7) is 4.52. The van der Waals surface area contributed by atoms with Gasteiger partial charge in [0.25, 0.3) is 0 Å². The Morgan fingerprint density at radius 2 is 1.63 bits per heavy atom. The third-order valence-corrected chi connectivity index (χ3v) is 8.91. The first-order valence-corrected chi connectivity index (χ1v) is 15.0. The molecular formula is C32H38N8O3. The molecule has 1 aliphatic heterocycles. The number of fused-ring (bicyclic) bond motifs is 1. The first-order chi connectivity index (χ1) is 20.9. The van der Waals surface area contributed by atoms with E-state index < -0.39 is 11.9 Å². The molecule has 1 saturated heterocycles. The number of rotatable bonds is 8. The number of amides is 1. The number of aromatic nitrogens is 4. The molecule has 224 valence electrons. The van der Waals surface area contributed by atoms with E-state index in [1.807, 2.05) is 22.9 Å². The van der Waals surface area contributed by atoms with E-state index in [1.54, 1.807) is 36.4 Å². The van der Waals surface area contributed by atoms with Crippen molar-refractivity contribution in [2.45, 2.75) is 50.1 Å². The van der Waals surface area contributed by atoms with Gasteiger partial charge in [-0.2, -0.15) is 5.10 Å². The van der Waals surface area contributed by atoms with Crippen molar-refractivity contribution >= 4 is 34.4 Å². The van der Waals surface area contributed by atoms with Crippen LogP contribution in [0.5, 0.6) is 0 Å². The van der Waals surface area contributed by atoms with Gasteiger partial charge < -0.3 is 21.1 Å². The normalized spacial score (nSPS) is 20.6. The van der Waals surface area contributed by atoms with Crippen molar-refractivity contribution in [1.82, 2.24) is 29.5 Å². The minimum atomic E-state index is -1.03. The predicted molar refractivity (Wildman–Crippen MR) is 166 cm³/mol. The van der Waals surface area contributed by atoms with Crippen molar-refractivity contribution in [2.24, 2.45) is 0 Å². The van der Waals surface area contributed by atoms with Gasteiger partial charge >= 0.3 is 5.97 Å². The largest absolute Gasteiger partial charge is 0.481 e. The second kappa shape index (κ2) is 12.5. The molecule has 0 spiro atoms. The lowest BCUT2D eigenvalue weighted by atomic mass is 9.90. The molecule has 2 aromatic heterocycles. The van der Waals surface area contributed by atoms with E-state index in [4.69, 9.17) is 10.8 Å². The fourth-order valence-electron chi connectivity index (χ4n) is 6.47. The lowest BCUT2D eigenvalue weighted by molar-refractivity contribution is -0.139. The van der Waals surface area contributed by atoms with Crippen molar-refractivity contribution in [2.75, 3.05) is 44.3 Å². The number of carboxylic acids is 1. The molecule has 0 bridgehead atoms. The van der Waals surface area contributed by atoms with Crippen molar-refractivity contribution in [3.8, 4) is 11.3 Å². The quantitative estimate of drug-likeness (QED) is 0.281. The van der Waals surface area contributed by atoms with Gasteiger partial charge in [0.1, 0.15) is 17.8 Å². The van der Waals surface area contributed by atoms with E-state index in [-0.39, 0.29) is 18.4 Å². The van der Waals surface area contributed by atoms with E-state index in [9.17, 15) is 14.7 Å². The van der Waals surface area contributed by atoms with Gasteiger partial charge in [-0.1, -0.05) is 42.5 Å². The van der Waals surface area contributed by atoms with Crippen molar-refractivity contribution in [1.29, 1.82) is 0 Å². The number of carboxylic acid groups (broad SMARTS) is 1. The number of carbonyl (C=O) groups is 2. The number of anilines is 2. The molecule has 4 aromatic rings. The van der Waals surface area contributed by atoms with Crippen LogP contribution in [0.15, 0.2) is 60.9 Å². The maximum Gasteiger partial charge on any atom is 0.304 e. The Kier molecular flexibility index (Phi) is 8.35. The minimum Gasteiger partial charge on any atom is -0.481 e. The summed E-state index contributed by atoms with van der Waals surface area (Å²) >= 11 is 0. The summed E-state index contributed by atoms with van der Waals surface area (Å²) in [5.41, 5.74) is 9.87. The first-order valence-electron chi connectivity index (χ1n) is 15.0. The summed E-state index contributed by atoms with van der Waals surface area (Å²) in [6.07, 6.45) is 5.52. The number of likely N-dealkylation sites (N-methyl/N-ethyl adjacent to an activating group) is 1. The molecule has 1 aliphatic carbocycles. The van der Waals surface area contributed by atoms with Crippen LogP contribution in [0.3, 0.4) is 0 Å². The molecule has 6 rings (SSSR count). The molecule has 2 aliphatic rings.